The third kappa shape index (κ3) is 3.87. The molecule has 9 atom stereocenters. The number of ether oxygens (including phenoxy) is 3. The highest BCUT2D eigenvalue weighted by Gasteiger charge is 2.75. The lowest BCUT2D eigenvalue weighted by Gasteiger charge is -2.59. The summed E-state index contributed by atoms with van der Waals surface area (Å²) in [7, 11) is 0. The number of carbonyl (C=O) groups is 2. The van der Waals surface area contributed by atoms with Crippen molar-refractivity contribution >= 4 is 22.3 Å². The first-order valence-corrected chi connectivity index (χ1v) is 15.3. The molecule has 5 aliphatic rings. The average molecular weight is 557 g/mol. The number of benzene rings is 2. The van der Waals surface area contributed by atoms with Gasteiger partial charge in [0.1, 0.15) is 12.4 Å². The van der Waals surface area contributed by atoms with E-state index in [0.29, 0.717) is 12.2 Å². The maximum atomic E-state index is 14.4. The van der Waals surface area contributed by atoms with E-state index in [9.17, 15) is 14.7 Å². The summed E-state index contributed by atoms with van der Waals surface area (Å²) in [6.07, 6.45) is 8.50. The summed E-state index contributed by atoms with van der Waals surface area (Å²) < 4.78 is 19.4. The van der Waals surface area contributed by atoms with Gasteiger partial charge in [-0.2, -0.15) is 0 Å². The van der Waals surface area contributed by atoms with E-state index < -0.39 is 23.4 Å². The molecule has 0 bridgehead atoms. The zero-order chi connectivity index (χ0) is 28.6. The Balaban J connectivity index is 1.21. The fourth-order valence-corrected chi connectivity index (χ4v) is 9.52. The van der Waals surface area contributed by atoms with Crippen molar-refractivity contribution in [3.05, 3.63) is 66.3 Å². The van der Waals surface area contributed by atoms with Gasteiger partial charge in [0.2, 0.25) is 5.78 Å². The number of allylic oxidation sites excluding steroid dienone is 4. The number of hydrogen-bond acceptors (Lipinski definition) is 6. The van der Waals surface area contributed by atoms with Crippen LogP contribution in [0.1, 0.15) is 59.3 Å². The minimum absolute atomic E-state index is 0.0174. The zero-order valence-corrected chi connectivity index (χ0v) is 24.2. The van der Waals surface area contributed by atoms with Crippen molar-refractivity contribution in [1.29, 1.82) is 0 Å². The van der Waals surface area contributed by atoms with Gasteiger partial charge in [-0.15, -0.1) is 0 Å². The molecule has 4 aliphatic carbocycles. The van der Waals surface area contributed by atoms with Gasteiger partial charge in [0.25, 0.3) is 0 Å². The van der Waals surface area contributed by atoms with Crippen LogP contribution in [0.3, 0.4) is 0 Å². The number of aliphatic hydroxyl groups excluding tert-OH is 1. The summed E-state index contributed by atoms with van der Waals surface area (Å²) in [5, 5.41) is 14.1. The molecule has 2 aromatic carbocycles. The Kier molecular flexibility index (Phi) is 6.35. The van der Waals surface area contributed by atoms with Crippen molar-refractivity contribution < 1.29 is 28.9 Å². The molecule has 0 spiro atoms. The highest BCUT2D eigenvalue weighted by Crippen LogP contribution is 2.69. The van der Waals surface area contributed by atoms with Crippen LogP contribution >= 0.6 is 0 Å². The molecule has 2 aromatic rings. The quantitative estimate of drug-likeness (QED) is 0.473. The fraction of sp³-hybridized carbons (Fsp3) is 0.543. The second kappa shape index (κ2) is 9.62. The zero-order valence-electron chi connectivity index (χ0n) is 24.2. The summed E-state index contributed by atoms with van der Waals surface area (Å²) in [5.74, 6) is 0.901. The Hall–Kier alpha value is -2.80. The molecule has 1 saturated heterocycles. The summed E-state index contributed by atoms with van der Waals surface area (Å²) in [6.45, 7) is 6.30. The van der Waals surface area contributed by atoms with Crippen LogP contribution < -0.4 is 4.74 Å². The SMILES string of the molecule is CCC[C@@H]1O[C@@H]2CC3C4CCC5=CC(=O)C=CC5(C)C4[C@@H](O)CC3(C)[C@]2(C(=O)COc2ccc3ccccc3c2)O1. The molecule has 216 valence electrons. The van der Waals surface area contributed by atoms with Crippen LogP contribution in [0.25, 0.3) is 10.8 Å². The predicted octanol–water partition coefficient (Wildman–Crippen LogP) is 5.96. The van der Waals surface area contributed by atoms with Crippen LogP contribution in [0.4, 0.5) is 0 Å². The first kappa shape index (κ1) is 27.1. The maximum Gasteiger partial charge on any atom is 0.205 e. The average Bonchev–Trinajstić information content (AvgIpc) is 3.44. The van der Waals surface area contributed by atoms with E-state index in [1.165, 1.54) is 0 Å². The van der Waals surface area contributed by atoms with Crippen LogP contribution in [-0.4, -0.2) is 47.4 Å². The lowest BCUT2D eigenvalue weighted by molar-refractivity contribution is -0.200. The molecule has 5 unspecified atom stereocenters. The molecular formula is C35H40O6. The van der Waals surface area contributed by atoms with Crippen molar-refractivity contribution in [2.75, 3.05) is 6.61 Å². The monoisotopic (exact) mass is 556 g/mol. The first-order chi connectivity index (χ1) is 19.7. The van der Waals surface area contributed by atoms with Gasteiger partial charge in [0, 0.05) is 16.7 Å². The maximum absolute atomic E-state index is 14.4. The van der Waals surface area contributed by atoms with Gasteiger partial charge in [0.05, 0.1) is 12.2 Å². The molecule has 3 saturated carbocycles. The number of rotatable bonds is 6. The molecule has 1 heterocycles. The van der Waals surface area contributed by atoms with Crippen molar-refractivity contribution in [2.45, 2.75) is 83.4 Å². The predicted molar refractivity (Wildman–Crippen MR) is 155 cm³/mol. The van der Waals surface area contributed by atoms with E-state index in [4.69, 9.17) is 14.2 Å². The molecule has 1 N–H and O–H groups in total. The van der Waals surface area contributed by atoms with Gasteiger partial charge >= 0.3 is 0 Å². The Bertz CT molecular complexity index is 1460. The van der Waals surface area contributed by atoms with Crippen molar-refractivity contribution in [3.63, 3.8) is 0 Å². The second-order valence-corrected chi connectivity index (χ2v) is 13.4. The van der Waals surface area contributed by atoms with Crippen molar-refractivity contribution in [3.8, 4) is 5.75 Å². The normalized spacial score (nSPS) is 40.9. The van der Waals surface area contributed by atoms with Gasteiger partial charge < -0.3 is 19.3 Å². The van der Waals surface area contributed by atoms with Gasteiger partial charge in [-0.05, 0) is 79.0 Å². The number of carbonyl (C=O) groups excluding carboxylic acids is 2. The highest BCUT2D eigenvalue weighted by molar-refractivity contribution is 6.01. The van der Waals surface area contributed by atoms with E-state index in [-0.39, 0.29) is 47.4 Å². The van der Waals surface area contributed by atoms with E-state index >= 15 is 0 Å². The second-order valence-electron chi connectivity index (χ2n) is 13.4. The standard InChI is InChI=1S/C35H40O6/c1-4-7-31-40-30-18-27-26-13-11-23-17-24(36)14-15-33(23,2)32(26)28(37)19-34(27,3)35(30,41-31)29(38)20-39-25-12-10-21-8-5-6-9-22(21)16-25/h5-6,8-10,12,14-17,26-28,30-32,37H,4,7,11,13,18-20H2,1-3H3/t26?,27?,28-,30+,31+,32?,33?,34?,35+/m0/s1. The van der Waals surface area contributed by atoms with E-state index in [1.54, 1.807) is 12.2 Å². The number of aliphatic hydroxyl groups is 1. The number of Topliss-reactive ketones (excluding diaryl/α,β-unsaturated/α-hetero) is 1. The fourth-order valence-electron chi connectivity index (χ4n) is 9.52. The van der Waals surface area contributed by atoms with Gasteiger partial charge in [-0.3, -0.25) is 9.59 Å². The van der Waals surface area contributed by atoms with Crippen LogP contribution in [0.15, 0.2) is 66.3 Å². The number of hydrogen-bond donors (Lipinski definition) is 1. The van der Waals surface area contributed by atoms with Crippen molar-refractivity contribution in [2.24, 2.45) is 28.6 Å². The van der Waals surface area contributed by atoms with Crippen LogP contribution in [0.2, 0.25) is 0 Å². The van der Waals surface area contributed by atoms with E-state index in [2.05, 4.69) is 26.8 Å². The minimum atomic E-state index is -1.17. The molecule has 0 aromatic heterocycles. The van der Waals surface area contributed by atoms with E-state index in [1.807, 2.05) is 42.5 Å². The topological polar surface area (TPSA) is 82.1 Å². The van der Waals surface area contributed by atoms with Crippen LogP contribution in [-0.2, 0) is 19.1 Å². The molecule has 4 fully saturated rings. The van der Waals surface area contributed by atoms with Gasteiger partial charge in [0.15, 0.2) is 17.7 Å². The Morgan fingerprint density at radius 1 is 1.15 bits per heavy atom. The summed E-state index contributed by atoms with van der Waals surface area (Å²) in [6, 6.07) is 14.0. The van der Waals surface area contributed by atoms with Crippen LogP contribution in [0.5, 0.6) is 5.75 Å². The number of fused-ring (bicyclic) bond motifs is 8. The summed E-state index contributed by atoms with van der Waals surface area (Å²) in [4.78, 5) is 26.6. The van der Waals surface area contributed by atoms with Gasteiger partial charge in [-0.1, -0.05) is 69.2 Å². The minimum Gasteiger partial charge on any atom is -0.486 e. The van der Waals surface area contributed by atoms with Crippen molar-refractivity contribution in [1.82, 2.24) is 0 Å². The molecule has 7 rings (SSSR count). The molecule has 6 heteroatoms. The molecule has 0 radical (unpaired) electrons. The Morgan fingerprint density at radius 2 is 1.95 bits per heavy atom. The molecular weight excluding hydrogens is 516 g/mol. The largest absolute Gasteiger partial charge is 0.486 e. The summed E-state index contributed by atoms with van der Waals surface area (Å²) >= 11 is 0. The Morgan fingerprint density at radius 3 is 2.76 bits per heavy atom. The molecule has 0 amide bonds. The lowest BCUT2D eigenvalue weighted by Crippen LogP contribution is -2.63. The third-order valence-electron chi connectivity index (χ3n) is 11.3. The number of ketones is 2. The Labute approximate surface area is 241 Å². The van der Waals surface area contributed by atoms with E-state index in [0.717, 1.165) is 48.4 Å². The molecule has 6 nitrogen and oxygen atoms in total. The highest BCUT2D eigenvalue weighted by atomic mass is 16.7. The van der Waals surface area contributed by atoms with Crippen LogP contribution in [0, 0.1) is 28.6 Å². The van der Waals surface area contributed by atoms with Gasteiger partial charge in [-0.25, -0.2) is 0 Å². The smallest absolute Gasteiger partial charge is 0.205 e. The molecule has 1 aliphatic heterocycles. The third-order valence-corrected chi connectivity index (χ3v) is 11.3. The summed E-state index contributed by atoms with van der Waals surface area (Å²) in [5.41, 5.74) is -1.01. The first-order valence-electron chi connectivity index (χ1n) is 15.3. The molecule has 41 heavy (non-hydrogen) atoms. The lowest BCUT2D eigenvalue weighted by atomic mass is 9.46.